The molecular weight excluding hydrogens is 411 g/mol. The van der Waals surface area contributed by atoms with Crippen LogP contribution >= 0.6 is 34.8 Å². The van der Waals surface area contributed by atoms with Crippen molar-refractivity contribution in [3.05, 3.63) is 69.3 Å². The highest BCUT2D eigenvalue weighted by Crippen LogP contribution is 2.31. The highest BCUT2D eigenvalue weighted by atomic mass is 35.5. The molecule has 0 saturated heterocycles. The molecule has 1 heterocycles. The Labute approximate surface area is 170 Å². The van der Waals surface area contributed by atoms with Crippen molar-refractivity contribution in [3.8, 4) is 5.75 Å². The molecule has 1 atom stereocenters. The average molecular weight is 426 g/mol. The summed E-state index contributed by atoms with van der Waals surface area (Å²) < 4.78 is 5.46. The third-order valence-electron chi connectivity index (χ3n) is 3.78. The summed E-state index contributed by atoms with van der Waals surface area (Å²) in [6.45, 7) is -0.0660. The number of hydrogen-bond donors (Lipinski definition) is 2. The van der Waals surface area contributed by atoms with Gasteiger partial charge in [0.15, 0.2) is 0 Å². The lowest BCUT2D eigenvalue weighted by molar-refractivity contribution is 0.0845. The highest BCUT2D eigenvalue weighted by Gasteiger charge is 2.15. The smallest absolute Gasteiger partial charge is 0.252 e. The van der Waals surface area contributed by atoms with Crippen LogP contribution in [0.3, 0.4) is 0 Å². The molecule has 27 heavy (non-hydrogen) atoms. The van der Waals surface area contributed by atoms with Crippen molar-refractivity contribution in [1.82, 2.24) is 10.3 Å². The fraction of sp³-hybridized carbons (Fsp3) is 0.158. The van der Waals surface area contributed by atoms with E-state index in [1.807, 2.05) is 12.1 Å². The van der Waals surface area contributed by atoms with Gasteiger partial charge < -0.3 is 15.2 Å². The number of carbonyl (C=O) groups excluding carboxylic acids is 1. The van der Waals surface area contributed by atoms with Crippen LogP contribution in [0, 0.1) is 0 Å². The Hall–Kier alpha value is -2.05. The molecule has 5 nitrogen and oxygen atoms in total. The number of ether oxygens (including phenoxy) is 1. The second-order valence-electron chi connectivity index (χ2n) is 5.74. The molecule has 8 heteroatoms. The maximum Gasteiger partial charge on any atom is 0.252 e. The van der Waals surface area contributed by atoms with Crippen LogP contribution in [0.1, 0.15) is 10.4 Å². The predicted octanol–water partition coefficient (Wildman–Crippen LogP) is 4.36. The summed E-state index contributed by atoms with van der Waals surface area (Å²) in [5.74, 6) is -0.00297. The Bertz CT molecular complexity index is 982. The Balaban J connectivity index is 1.61. The van der Waals surface area contributed by atoms with Crippen molar-refractivity contribution in [2.24, 2.45) is 0 Å². The van der Waals surface area contributed by atoms with E-state index in [1.165, 1.54) is 6.07 Å². The van der Waals surface area contributed by atoms with Crippen molar-refractivity contribution in [1.29, 1.82) is 0 Å². The molecule has 0 spiro atoms. The second kappa shape index (κ2) is 8.76. The quantitative estimate of drug-likeness (QED) is 0.576. The molecule has 0 radical (unpaired) electrons. The van der Waals surface area contributed by atoms with Crippen LogP contribution in [0.5, 0.6) is 5.75 Å². The first-order valence-electron chi connectivity index (χ1n) is 8.04. The van der Waals surface area contributed by atoms with E-state index in [0.717, 1.165) is 0 Å². The first kappa shape index (κ1) is 19.7. The molecule has 1 amide bonds. The second-order valence-corrected chi connectivity index (χ2v) is 6.91. The number of halogens is 3. The first-order chi connectivity index (χ1) is 13.0. The first-order valence-corrected chi connectivity index (χ1v) is 9.17. The molecule has 1 aromatic heterocycles. The maximum absolute atomic E-state index is 12.5. The van der Waals surface area contributed by atoms with Crippen LogP contribution in [0.2, 0.25) is 15.2 Å². The molecular formula is C19H15Cl3N2O3. The van der Waals surface area contributed by atoms with E-state index in [0.29, 0.717) is 27.2 Å². The number of nitrogens with zero attached hydrogens (tertiary/aromatic N) is 1. The van der Waals surface area contributed by atoms with Crippen LogP contribution in [0.15, 0.2) is 48.5 Å². The monoisotopic (exact) mass is 424 g/mol. The molecule has 0 aliphatic rings. The van der Waals surface area contributed by atoms with Crippen molar-refractivity contribution >= 4 is 51.6 Å². The van der Waals surface area contributed by atoms with E-state index in [1.54, 1.807) is 30.3 Å². The van der Waals surface area contributed by atoms with Gasteiger partial charge >= 0.3 is 0 Å². The number of rotatable bonds is 6. The standard InChI is InChI=1S/C19H15Cl3N2O3/c20-14-5-3-7-16(18(14)22)27-10-11(25)9-23-19(26)13-8-17(21)24-15-6-2-1-4-12(13)15/h1-8,11,25H,9-10H2,(H,23,26). The molecule has 0 fully saturated rings. The van der Waals surface area contributed by atoms with Crippen LogP contribution in [0.25, 0.3) is 10.9 Å². The highest BCUT2D eigenvalue weighted by molar-refractivity contribution is 6.42. The molecule has 3 aromatic rings. The molecule has 0 aliphatic carbocycles. The SMILES string of the molecule is O=C(NCC(O)COc1cccc(Cl)c1Cl)c1cc(Cl)nc2ccccc12. The number of para-hydroxylation sites is 1. The van der Waals surface area contributed by atoms with E-state index in [4.69, 9.17) is 39.5 Å². The summed E-state index contributed by atoms with van der Waals surface area (Å²) in [5, 5.41) is 14.3. The van der Waals surface area contributed by atoms with Gasteiger partial charge in [0.05, 0.1) is 16.1 Å². The lowest BCUT2D eigenvalue weighted by Gasteiger charge is -2.15. The third kappa shape index (κ3) is 4.82. The van der Waals surface area contributed by atoms with Gasteiger partial charge in [-0.2, -0.15) is 0 Å². The molecule has 1 unspecified atom stereocenters. The van der Waals surface area contributed by atoms with E-state index in [-0.39, 0.29) is 29.2 Å². The van der Waals surface area contributed by atoms with Gasteiger partial charge in [0, 0.05) is 11.9 Å². The van der Waals surface area contributed by atoms with E-state index >= 15 is 0 Å². The number of benzene rings is 2. The zero-order valence-electron chi connectivity index (χ0n) is 14.0. The topological polar surface area (TPSA) is 71.5 Å². The van der Waals surface area contributed by atoms with Crippen molar-refractivity contribution in [2.45, 2.75) is 6.10 Å². The largest absolute Gasteiger partial charge is 0.489 e. The third-order valence-corrected chi connectivity index (χ3v) is 4.77. The van der Waals surface area contributed by atoms with Crippen LogP contribution in [-0.2, 0) is 0 Å². The molecule has 2 aromatic carbocycles. The number of amides is 1. The van der Waals surface area contributed by atoms with Crippen molar-refractivity contribution < 1.29 is 14.6 Å². The number of aliphatic hydroxyl groups excluding tert-OH is 1. The minimum atomic E-state index is -0.937. The Kier molecular flexibility index (Phi) is 6.39. The molecule has 0 saturated carbocycles. The van der Waals surface area contributed by atoms with Crippen molar-refractivity contribution in [3.63, 3.8) is 0 Å². The number of hydrogen-bond acceptors (Lipinski definition) is 4. The van der Waals surface area contributed by atoms with E-state index < -0.39 is 6.10 Å². The van der Waals surface area contributed by atoms with Gasteiger partial charge in [0.1, 0.15) is 28.6 Å². The van der Waals surface area contributed by atoms with Crippen molar-refractivity contribution in [2.75, 3.05) is 13.2 Å². The zero-order valence-corrected chi connectivity index (χ0v) is 16.2. The number of aliphatic hydroxyl groups is 1. The minimum Gasteiger partial charge on any atom is -0.489 e. The Morgan fingerprint density at radius 2 is 1.93 bits per heavy atom. The summed E-state index contributed by atoms with van der Waals surface area (Å²) in [6.07, 6.45) is -0.937. The van der Waals surface area contributed by atoms with E-state index in [9.17, 15) is 9.90 Å². The van der Waals surface area contributed by atoms with Gasteiger partial charge in [-0.15, -0.1) is 0 Å². The lowest BCUT2D eigenvalue weighted by Crippen LogP contribution is -2.35. The van der Waals surface area contributed by atoms with Gasteiger partial charge in [-0.05, 0) is 24.3 Å². The summed E-state index contributed by atoms with van der Waals surface area (Å²) >= 11 is 17.9. The van der Waals surface area contributed by atoms with Gasteiger partial charge in [-0.3, -0.25) is 4.79 Å². The summed E-state index contributed by atoms with van der Waals surface area (Å²) in [4.78, 5) is 16.7. The number of pyridine rings is 1. The average Bonchev–Trinajstić information content (AvgIpc) is 2.66. The van der Waals surface area contributed by atoms with Crippen LogP contribution in [-0.4, -0.2) is 35.3 Å². The summed E-state index contributed by atoms with van der Waals surface area (Å²) in [5.41, 5.74) is 1.01. The predicted molar refractivity (Wildman–Crippen MR) is 107 cm³/mol. The Morgan fingerprint density at radius 1 is 1.15 bits per heavy atom. The number of carbonyl (C=O) groups is 1. The number of nitrogens with one attached hydrogen (secondary N) is 1. The molecule has 2 N–H and O–H groups in total. The molecule has 0 aliphatic heterocycles. The van der Waals surface area contributed by atoms with Gasteiger partial charge in [0.2, 0.25) is 0 Å². The summed E-state index contributed by atoms with van der Waals surface area (Å²) in [6, 6.07) is 13.7. The summed E-state index contributed by atoms with van der Waals surface area (Å²) in [7, 11) is 0. The molecule has 0 bridgehead atoms. The van der Waals surface area contributed by atoms with Gasteiger partial charge in [0.25, 0.3) is 5.91 Å². The van der Waals surface area contributed by atoms with Gasteiger partial charge in [-0.25, -0.2) is 4.98 Å². The fourth-order valence-electron chi connectivity index (χ4n) is 2.48. The molecule has 3 rings (SSSR count). The maximum atomic E-state index is 12.5. The lowest BCUT2D eigenvalue weighted by atomic mass is 10.1. The molecule has 140 valence electrons. The van der Waals surface area contributed by atoms with Crippen LogP contribution in [0.4, 0.5) is 0 Å². The Morgan fingerprint density at radius 3 is 2.74 bits per heavy atom. The number of aromatic nitrogens is 1. The minimum absolute atomic E-state index is 0.00864. The number of fused-ring (bicyclic) bond motifs is 1. The normalized spacial score (nSPS) is 12.0. The fourth-order valence-corrected chi connectivity index (χ4v) is 3.02. The van der Waals surface area contributed by atoms with Gasteiger partial charge in [-0.1, -0.05) is 59.1 Å². The van der Waals surface area contributed by atoms with E-state index in [2.05, 4.69) is 10.3 Å². The van der Waals surface area contributed by atoms with Crippen LogP contribution < -0.4 is 10.1 Å². The zero-order chi connectivity index (χ0) is 19.4.